The summed E-state index contributed by atoms with van der Waals surface area (Å²) in [6, 6.07) is 8.02. The van der Waals surface area contributed by atoms with Gasteiger partial charge >= 0.3 is 0 Å². The minimum atomic E-state index is -0.100. The quantitative estimate of drug-likeness (QED) is 0.464. The summed E-state index contributed by atoms with van der Waals surface area (Å²) >= 11 is 0. The van der Waals surface area contributed by atoms with Crippen molar-refractivity contribution in [1.82, 2.24) is 34.5 Å². The molecule has 0 atom stereocenters. The SMILES string of the molecule is CC(C)n1cc(-c2cnc3c(c2)C(=O)N(c2cccc(-c4nncn4C(C)C)n2)CC3)cn1. The molecule has 4 aromatic rings. The van der Waals surface area contributed by atoms with Crippen molar-refractivity contribution in [2.24, 2.45) is 0 Å². The van der Waals surface area contributed by atoms with E-state index < -0.39 is 0 Å². The minimum Gasteiger partial charge on any atom is -0.310 e. The normalized spacial score (nSPS) is 13.8. The topological polar surface area (TPSA) is 94.6 Å². The van der Waals surface area contributed by atoms with Crippen LogP contribution in [0, 0.1) is 0 Å². The molecule has 168 valence electrons. The third kappa shape index (κ3) is 3.79. The van der Waals surface area contributed by atoms with E-state index in [9.17, 15) is 4.79 Å². The zero-order chi connectivity index (χ0) is 23.1. The highest BCUT2D eigenvalue weighted by Crippen LogP contribution is 2.28. The van der Waals surface area contributed by atoms with Gasteiger partial charge in [-0.3, -0.25) is 19.4 Å². The number of hydrogen-bond acceptors (Lipinski definition) is 6. The highest BCUT2D eigenvalue weighted by atomic mass is 16.2. The number of rotatable bonds is 5. The Balaban J connectivity index is 1.47. The van der Waals surface area contributed by atoms with Crippen LogP contribution in [-0.2, 0) is 6.42 Å². The molecule has 0 saturated heterocycles. The average Bonchev–Trinajstić information content (AvgIpc) is 3.50. The van der Waals surface area contributed by atoms with E-state index in [4.69, 9.17) is 4.98 Å². The van der Waals surface area contributed by atoms with Gasteiger partial charge in [0, 0.05) is 48.6 Å². The van der Waals surface area contributed by atoms with Crippen molar-refractivity contribution >= 4 is 11.7 Å². The summed E-state index contributed by atoms with van der Waals surface area (Å²) in [5.74, 6) is 1.18. The van der Waals surface area contributed by atoms with Gasteiger partial charge in [-0.15, -0.1) is 10.2 Å². The van der Waals surface area contributed by atoms with Crippen molar-refractivity contribution in [2.45, 2.75) is 46.2 Å². The predicted octanol–water partition coefficient (Wildman–Crippen LogP) is 3.96. The van der Waals surface area contributed by atoms with Crippen LogP contribution in [-0.4, -0.2) is 47.0 Å². The van der Waals surface area contributed by atoms with Crippen LogP contribution >= 0.6 is 0 Å². The molecule has 0 bridgehead atoms. The fourth-order valence-electron chi connectivity index (χ4n) is 3.99. The van der Waals surface area contributed by atoms with Crippen molar-refractivity contribution < 1.29 is 4.79 Å². The minimum absolute atomic E-state index is 0.100. The Morgan fingerprint density at radius 2 is 1.88 bits per heavy atom. The Hall–Kier alpha value is -3.88. The van der Waals surface area contributed by atoms with Gasteiger partial charge in [-0.05, 0) is 45.9 Å². The van der Waals surface area contributed by atoms with Gasteiger partial charge in [-0.25, -0.2) is 4.98 Å². The molecule has 9 heteroatoms. The zero-order valence-corrected chi connectivity index (χ0v) is 19.2. The summed E-state index contributed by atoms with van der Waals surface area (Å²) in [4.78, 5) is 24.5. The van der Waals surface area contributed by atoms with Crippen LogP contribution in [0.1, 0.15) is 55.8 Å². The fourth-order valence-corrected chi connectivity index (χ4v) is 3.99. The molecule has 0 radical (unpaired) electrons. The van der Waals surface area contributed by atoms with Gasteiger partial charge in [0.2, 0.25) is 0 Å². The molecule has 0 aliphatic carbocycles. The number of nitrogens with zero attached hydrogens (tertiary/aromatic N) is 8. The summed E-state index contributed by atoms with van der Waals surface area (Å²) in [6.07, 6.45) is 7.98. The monoisotopic (exact) mass is 442 g/mol. The van der Waals surface area contributed by atoms with E-state index in [1.54, 1.807) is 11.2 Å². The molecule has 0 aromatic carbocycles. The summed E-state index contributed by atoms with van der Waals surface area (Å²) in [5.41, 5.74) is 3.92. The average molecular weight is 443 g/mol. The third-order valence-electron chi connectivity index (χ3n) is 5.85. The Morgan fingerprint density at radius 3 is 2.64 bits per heavy atom. The second-order valence-corrected chi connectivity index (χ2v) is 8.76. The van der Waals surface area contributed by atoms with Gasteiger partial charge in [-0.1, -0.05) is 6.07 Å². The first kappa shape index (κ1) is 21.0. The zero-order valence-electron chi connectivity index (χ0n) is 19.2. The maximum Gasteiger partial charge on any atom is 0.261 e. The summed E-state index contributed by atoms with van der Waals surface area (Å²) in [7, 11) is 0. The van der Waals surface area contributed by atoms with Gasteiger partial charge in [0.25, 0.3) is 5.91 Å². The molecular formula is C24H26N8O. The van der Waals surface area contributed by atoms with Crippen molar-refractivity contribution in [1.29, 1.82) is 0 Å². The lowest BCUT2D eigenvalue weighted by atomic mass is 10.0. The first-order chi connectivity index (χ1) is 15.9. The van der Waals surface area contributed by atoms with Crippen molar-refractivity contribution in [3.8, 4) is 22.6 Å². The molecule has 33 heavy (non-hydrogen) atoms. The third-order valence-corrected chi connectivity index (χ3v) is 5.85. The summed E-state index contributed by atoms with van der Waals surface area (Å²) in [6.45, 7) is 8.81. The van der Waals surface area contributed by atoms with Crippen molar-refractivity contribution in [3.63, 3.8) is 0 Å². The first-order valence-electron chi connectivity index (χ1n) is 11.1. The lowest BCUT2D eigenvalue weighted by Crippen LogP contribution is -2.38. The van der Waals surface area contributed by atoms with Crippen LogP contribution < -0.4 is 4.90 Å². The molecule has 5 rings (SSSR count). The molecule has 0 N–H and O–H groups in total. The lowest BCUT2D eigenvalue weighted by molar-refractivity contribution is 0.0979. The number of fused-ring (bicyclic) bond motifs is 1. The van der Waals surface area contributed by atoms with E-state index >= 15 is 0 Å². The van der Waals surface area contributed by atoms with Crippen LogP contribution in [0.5, 0.6) is 0 Å². The van der Waals surface area contributed by atoms with Gasteiger partial charge in [0.1, 0.15) is 17.8 Å². The Kier molecular flexibility index (Phi) is 5.24. The van der Waals surface area contributed by atoms with Crippen LogP contribution in [0.25, 0.3) is 22.6 Å². The molecule has 0 fully saturated rings. The van der Waals surface area contributed by atoms with E-state index in [0.717, 1.165) is 16.8 Å². The Bertz CT molecular complexity index is 1320. The number of carbonyl (C=O) groups excluding carboxylic acids is 1. The largest absolute Gasteiger partial charge is 0.310 e. The van der Waals surface area contributed by atoms with Crippen molar-refractivity contribution in [3.05, 3.63) is 60.4 Å². The standard InChI is InChI=1S/C24H26N8O/c1-15(2)31-14-26-29-23(31)21-6-5-7-22(28-21)30-9-8-20-19(24(30)33)10-17(11-25-20)18-12-27-32(13-18)16(3)4/h5-7,10-16H,8-9H2,1-4H3. The van der Waals surface area contributed by atoms with Crippen LogP contribution in [0.15, 0.2) is 49.2 Å². The van der Waals surface area contributed by atoms with Crippen LogP contribution in [0.3, 0.4) is 0 Å². The van der Waals surface area contributed by atoms with Gasteiger partial charge in [0.15, 0.2) is 5.82 Å². The van der Waals surface area contributed by atoms with Crippen LogP contribution in [0.4, 0.5) is 5.82 Å². The number of hydrogen-bond donors (Lipinski definition) is 0. The Morgan fingerprint density at radius 1 is 1.03 bits per heavy atom. The van der Waals surface area contributed by atoms with E-state index in [1.165, 1.54) is 0 Å². The number of aromatic nitrogens is 7. The molecule has 0 spiro atoms. The van der Waals surface area contributed by atoms with Gasteiger partial charge in [-0.2, -0.15) is 5.10 Å². The predicted molar refractivity (Wildman–Crippen MR) is 125 cm³/mol. The lowest BCUT2D eigenvalue weighted by Gasteiger charge is -2.27. The number of pyridine rings is 2. The molecule has 1 aliphatic rings. The number of amides is 1. The fraction of sp³-hybridized carbons (Fsp3) is 0.333. The van der Waals surface area contributed by atoms with E-state index in [2.05, 4.69) is 48.0 Å². The molecule has 0 unspecified atom stereocenters. The maximum atomic E-state index is 13.5. The highest BCUT2D eigenvalue weighted by molar-refractivity contribution is 6.08. The van der Waals surface area contributed by atoms with Gasteiger partial charge in [0.05, 0.1) is 17.5 Å². The molecule has 4 aromatic heterocycles. The van der Waals surface area contributed by atoms with Crippen molar-refractivity contribution in [2.75, 3.05) is 11.4 Å². The Labute approximate surface area is 192 Å². The summed E-state index contributed by atoms with van der Waals surface area (Å²) < 4.78 is 3.86. The molecule has 1 aliphatic heterocycles. The summed E-state index contributed by atoms with van der Waals surface area (Å²) in [5, 5.41) is 12.7. The molecule has 0 saturated carbocycles. The smallest absolute Gasteiger partial charge is 0.261 e. The second-order valence-electron chi connectivity index (χ2n) is 8.76. The highest BCUT2D eigenvalue weighted by Gasteiger charge is 2.28. The molecule has 9 nitrogen and oxygen atoms in total. The van der Waals surface area contributed by atoms with Crippen LogP contribution in [0.2, 0.25) is 0 Å². The van der Waals surface area contributed by atoms with Gasteiger partial charge < -0.3 is 4.57 Å². The van der Waals surface area contributed by atoms with E-state index in [0.29, 0.717) is 35.9 Å². The second kappa shape index (κ2) is 8.23. The molecular weight excluding hydrogens is 416 g/mol. The first-order valence-corrected chi connectivity index (χ1v) is 11.1. The number of anilines is 1. The van der Waals surface area contributed by atoms with E-state index in [-0.39, 0.29) is 18.0 Å². The molecule has 1 amide bonds. The maximum absolute atomic E-state index is 13.5. The van der Waals surface area contributed by atoms with E-state index in [1.807, 2.05) is 52.1 Å². The molecule has 5 heterocycles. The number of carbonyl (C=O) groups is 1.